The molecule has 22 heavy (non-hydrogen) atoms. The van der Waals surface area contributed by atoms with Crippen molar-refractivity contribution in [3.8, 4) is 0 Å². The lowest BCUT2D eigenvalue weighted by molar-refractivity contribution is 0.00401. The number of hydrogen-bond donors (Lipinski definition) is 1. The molecule has 0 aromatic carbocycles. The molecule has 7 nitrogen and oxygen atoms in total. The van der Waals surface area contributed by atoms with E-state index in [4.69, 9.17) is 4.74 Å². The summed E-state index contributed by atoms with van der Waals surface area (Å²) in [5.74, 6) is -0.350. The molecule has 3 rings (SSSR count). The molecule has 1 fully saturated rings. The van der Waals surface area contributed by atoms with Crippen LogP contribution < -0.4 is 10.9 Å². The van der Waals surface area contributed by atoms with E-state index in [1.54, 1.807) is 17.1 Å². The minimum absolute atomic E-state index is 0.181. The summed E-state index contributed by atoms with van der Waals surface area (Å²) in [6.45, 7) is 1.48. The van der Waals surface area contributed by atoms with E-state index < -0.39 is 5.63 Å². The van der Waals surface area contributed by atoms with Gasteiger partial charge in [-0.1, -0.05) is 0 Å². The molecule has 1 unspecified atom stereocenters. The van der Waals surface area contributed by atoms with Crippen LogP contribution in [0, 0.1) is 0 Å². The van der Waals surface area contributed by atoms with E-state index in [1.165, 1.54) is 18.6 Å². The zero-order valence-electron chi connectivity index (χ0n) is 12.0. The smallest absolute Gasteiger partial charge is 0.335 e. The molecule has 116 valence electrons. The van der Waals surface area contributed by atoms with Gasteiger partial charge >= 0.3 is 5.63 Å². The van der Waals surface area contributed by atoms with Crippen molar-refractivity contribution in [1.82, 2.24) is 9.78 Å². The lowest BCUT2D eigenvalue weighted by atomic mass is 10.1. The van der Waals surface area contributed by atoms with E-state index in [-0.39, 0.29) is 17.6 Å². The van der Waals surface area contributed by atoms with E-state index in [0.717, 1.165) is 25.7 Å². The minimum atomic E-state index is -0.489. The number of nitrogens with zero attached hydrogens (tertiary/aromatic N) is 2. The molecule has 1 aliphatic heterocycles. The van der Waals surface area contributed by atoms with Gasteiger partial charge in [-0.3, -0.25) is 9.48 Å². The van der Waals surface area contributed by atoms with Gasteiger partial charge in [-0.05, 0) is 25.3 Å². The van der Waals surface area contributed by atoms with Crippen molar-refractivity contribution in [1.29, 1.82) is 0 Å². The largest absolute Gasteiger partial charge is 0.430 e. The Bertz CT molecular complexity index is 680. The predicted molar refractivity (Wildman–Crippen MR) is 78.7 cm³/mol. The first-order valence-corrected chi connectivity index (χ1v) is 7.25. The maximum Gasteiger partial charge on any atom is 0.335 e. The number of anilines is 1. The highest BCUT2D eigenvalue weighted by molar-refractivity contribution is 6.03. The van der Waals surface area contributed by atoms with Gasteiger partial charge in [-0.2, -0.15) is 5.10 Å². The third-order valence-electron chi connectivity index (χ3n) is 3.52. The van der Waals surface area contributed by atoms with Crippen LogP contribution in [0.4, 0.5) is 5.69 Å². The van der Waals surface area contributed by atoms with Crippen LogP contribution in [0.1, 0.15) is 29.6 Å². The van der Waals surface area contributed by atoms with Crippen molar-refractivity contribution in [2.75, 3.05) is 11.9 Å². The van der Waals surface area contributed by atoms with Crippen LogP contribution in [-0.2, 0) is 11.3 Å². The molecular weight excluding hydrogens is 286 g/mol. The number of aromatic nitrogens is 2. The standard InChI is InChI=1S/C15H17N3O4/c19-14-5-4-11(10-22-14)15(20)17-12-7-16-18(8-12)9-13-3-1-2-6-21-13/h4-5,7-8,10,13H,1-3,6,9H2,(H,17,20). The third-order valence-corrected chi connectivity index (χ3v) is 3.52. The van der Waals surface area contributed by atoms with Crippen LogP contribution >= 0.6 is 0 Å². The zero-order chi connectivity index (χ0) is 15.4. The highest BCUT2D eigenvalue weighted by Gasteiger charge is 2.15. The first kappa shape index (κ1) is 14.5. The summed E-state index contributed by atoms with van der Waals surface area (Å²) in [6.07, 6.45) is 7.98. The summed E-state index contributed by atoms with van der Waals surface area (Å²) in [7, 11) is 0. The quantitative estimate of drug-likeness (QED) is 0.928. The van der Waals surface area contributed by atoms with Crippen LogP contribution in [0.2, 0.25) is 0 Å². The minimum Gasteiger partial charge on any atom is -0.430 e. The SMILES string of the molecule is O=C(Nc1cnn(CC2CCCCO2)c1)c1ccc(=O)oc1. The molecule has 3 heterocycles. The summed E-state index contributed by atoms with van der Waals surface area (Å²) in [4.78, 5) is 22.9. The molecule has 0 bridgehead atoms. The lowest BCUT2D eigenvalue weighted by Gasteiger charge is -2.22. The summed E-state index contributed by atoms with van der Waals surface area (Å²) in [6, 6.07) is 2.63. The molecule has 1 saturated heterocycles. The molecule has 0 aliphatic carbocycles. The second-order valence-electron chi connectivity index (χ2n) is 5.24. The Hall–Kier alpha value is -2.41. The highest BCUT2D eigenvalue weighted by atomic mass is 16.5. The maximum absolute atomic E-state index is 12.0. The second-order valence-corrected chi connectivity index (χ2v) is 5.24. The molecule has 1 atom stereocenters. The molecule has 7 heteroatoms. The number of carbonyl (C=O) groups is 1. The summed E-state index contributed by atoms with van der Waals surface area (Å²) in [5, 5.41) is 6.93. The molecule has 2 aromatic rings. The van der Waals surface area contributed by atoms with Crippen LogP contribution in [0.15, 0.2) is 40.0 Å². The van der Waals surface area contributed by atoms with Crippen LogP contribution in [0.25, 0.3) is 0 Å². The molecule has 2 aromatic heterocycles. The first-order chi connectivity index (χ1) is 10.7. The Balaban J connectivity index is 1.60. The Morgan fingerprint density at radius 3 is 3.05 bits per heavy atom. The van der Waals surface area contributed by atoms with Gasteiger partial charge in [0.2, 0.25) is 0 Å². The van der Waals surface area contributed by atoms with Gasteiger partial charge in [0.25, 0.3) is 5.91 Å². The van der Waals surface area contributed by atoms with Gasteiger partial charge in [0, 0.05) is 18.9 Å². The molecule has 0 spiro atoms. The number of amides is 1. The van der Waals surface area contributed by atoms with Gasteiger partial charge in [0.05, 0.1) is 30.1 Å². The molecule has 1 N–H and O–H groups in total. The fourth-order valence-electron chi connectivity index (χ4n) is 2.38. The van der Waals surface area contributed by atoms with Gasteiger partial charge in [-0.15, -0.1) is 0 Å². The molecule has 0 saturated carbocycles. The van der Waals surface area contributed by atoms with Crippen LogP contribution in [-0.4, -0.2) is 28.4 Å². The fraction of sp³-hybridized carbons (Fsp3) is 0.400. The number of hydrogen-bond acceptors (Lipinski definition) is 5. The average Bonchev–Trinajstić information content (AvgIpc) is 2.96. The third kappa shape index (κ3) is 3.62. The number of rotatable bonds is 4. The predicted octanol–water partition coefficient (Wildman–Crippen LogP) is 1.66. The van der Waals surface area contributed by atoms with Crippen molar-refractivity contribution in [2.24, 2.45) is 0 Å². The Labute approximate surface area is 126 Å². The number of ether oxygens (including phenoxy) is 1. The Kier molecular flexibility index (Phi) is 4.34. The van der Waals surface area contributed by atoms with Gasteiger partial charge in [-0.25, -0.2) is 4.79 Å². The second kappa shape index (κ2) is 6.57. The Morgan fingerprint density at radius 1 is 1.41 bits per heavy atom. The highest BCUT2D eigenvalue weighted by Crippen LogP contribution is 2.15. The van der Waals surface area contributed by atoms with Crippen molar-refractivity contribution in [2.45, 2.75) is 31.9 Å². The summed E-state index contributed by atoms with van der Waals surface area (Å²) in [5.41, 5.74) is 0.381. The van der Waals surface area contributed by atoms with Crippen LogP contribution in [0.3, 0.4) is 0 Å². The van der Waals surface area contributed by atoms with E-state index in [2.05, 4.69) is 14.8 Å². The van der Waals surface area contributed by atoms with Gasteiger partial charge < -0.3 is 14.5 Å². The van der Waals surface area contributed by atoms with E-state index in [9.17, 15) is 9.59 Å². The Morgan fingerprint density at radius 2 is 2.32 bits per heavy atom. The van der Waals surface area contributed by atoms with Crippen molar-refractivity contribution >= 4 is 11.6 Å². The summed E-state index contributed by atoms with van der Waals surface area (Å²) < 4.78 is 12.1. The zero-order valence-corrected chi connectivity index (χ0v) is 12.0. The van der Waals surface area contributed by atoms with E-state index in [1.807, 2.05) is 0 Å². The van der Waals surface area contributed by atoms with Crippen LogP contribution in [0.5, 0.6) is 0 Å². The van der Waals surface area contributed by atoms with E-state index in [0.29, 0.717) is 12.2 Å². The number of nitrogens with one attached hydrogen (secondary N) is 1. The maximum atomic E-state index is 12.0. The summed E-state index contributed by atoms with van der Waals surface area (Å²) >= 11 is 0. The monoisotopic (exact) mass is 303 g/mol. The van der Waals surface area contributed by atoms with Crippen molar-refractivity contribution in [3.63, 3.8) is 0 Å². The normalized spacial score (nSPS) is 18.1. The number of carbonyl (C=O) groups excluding carboxylic acids is 1. The van der Waals surface area contributed by atoms with Crippen molar-refractivity contribution < 1.29 is 13.9 Å². The fourth-order valence-corrected chi connectivity index (χ4v) is 2.38. The van der Waals surface area contributed by atoms with E-state index >= 15 is 0 Å². The van der Waals surface area contributed by atoms with Gasteiger partial charge in [0.1, 0.15) is 6.26 Å². The average molecular weight is 303 g/mol. The molecular formula is C15H17N3O4. The molecule has 1 aliphatic rings. The lowest BCUT2D eigenvalue weighted by Crippen LogP contribution is -2.24. The van der Waals surface area contributed by atoms with Crippen molar-refractivity contribution in [3.05, 3.63) is 46.8 Å². The van der Waals surface area contributed by atoms with Gasteiger partial charge in [0.15, 0.2) is 0 Å². The molecule has 0 radical (unpaired) electrons. The first-order valence-electron chi connectivity index (χ1n) is 7.25. The topological polar surface area (TPSA) is 86.4 Å². The molecule has 1 amide bonds.